The van der Waals surface area contributed by atoms with Crippen LogP contribution in [0, 0.1) is 11.7 Å². The molecule has 0 aliphatic carbocycles. The lowest BCUT2D eigenvalue weighted by Gasteiger charge is -2.09. The van der Waals surface area contributed by atoms with Crippen molar-refractivity contribution in [2.45, 2.75) is 26.8 Å². The fourth-order valence-corrected chi connectivity index (χ4v) is 2.87. The Labute approximate surface area is 162 Å². The zero-order valence-corrected chi connectivity index (χ0v) is 16.0. The molecule has 0 radical (unpaired) electrons. The van der Waals surface area contributed by atoms with Crippen LogP contribution >= 0.6 is 12.2 Å². The zero-order chi connectivity index (χ0) is 19.2. The summed E-state index contributed by atoms with van der Waals surface area (Å²) in [5.41, 5.74) is 1.74. The number of aromatic amines is 1. The van der Waals surface area contributed by atoms with Crippen molar-refractivity contribution in [2.75, 3.05) is 11.9 Å². The fraction of sp³-hybridized carbons (Fsp3) is 0.263. The zero-order valence-electron chi connectivity index (χ0n) is 15.2. The van der Waals surface area contributed by atoms with E-state index in [1.165, 1.54) is 0 Å². The molecule has 0 spiro atoms. The van der Waals surface area contributed by atoms with E-state index in [2.05, 4.69) is 20.5 Å². The monoisotopic (exact) mass is 383 g/mol. The Morgan fingerprint density at radius 3 is 2.74 bits per heavy atom. The highest BCUT2D eigenvalue weighted by Gasteiger charge is 2.11. The molecule has 0 atom stereocenters. The summed E-state index contributed by atoms with van der Waals surface area (Å²) >= 11 is 5.32. The Bertz CT molecular complexity index is 978. The fourth-order valence-electron chi connectivity index (χ4n) is 2.64. The summed E-state index contributed by atoms with van der Waals surface area (Å²) in [7, 11) is 0. The molecule has 3 rings (SSSR count). The molecule has 2 heterocycles. The molecule has 0 fully saturated rings. The lowest BCUT2D eigenvalue weighted by molar-refractivity contribution is -0.116. The van der Waals surface area contributed by atoms with Crippen LogP contribution in [0.25, 0.3) is 11.4 Å². The van der Waals surface area contributed by atoms with E-state index in [4.69, 9.17) is 17.0 Å². The second-order valence-corrected chi connectivity index (χ2v) is 6.31. The van der Waals surface area contributed by atoms with E-state index in [1.54, 1.807) is 6.07 Å². The smallest absolute Gasteiger partial charge is 0.227 e. The van der Waals surface area contributed by atoms with E-state index in [1.807, 2.05) is 54.8 Å². The van der Waals surface area contributed by atoms with Gasteiger partial charge in [-0.25, -0.2) is 4.98 Å². The van der Waals surface area contributed by atoms with Gasteiger partial charge < -0.3 is 10.1 Å². The average molecular weight is 383 g/mol. The summed E-state index contributed by atoms with van der Waals surface area (Å²) in [6, 6.07) is 13.1. The molecule has 1 amide bonds. The molecule has 8 heteroatoms. The molecule has 0 aliphatic heterocycles. The standard InChI is InChI=1S/C19H21N5O2S/c1-3-26-15-9-7-14(8-10-15)18-22-23-19(27)24(18)12-11-17(25)21-16-6-4-5-13(2)20-16/h4-10H,3,11-12H2,1-2H3,(H,23,27)(H,20,21,25). The van der Waals surface area contributed by atoms with Gasteiger partial charge in [-0.1, -0.05) is 6.07 Å². The third-order valence-corrected chi connectivity index (χ3v) is 4.21. The SMILES string of the molecule is CCOc1ccc(-c2n[nH]c(=S)n2CCC(=O)Nc2cccc(C)n2)cc1. The molecule has 140 valence electrons. The van der Waals surface area contributed by atoms with E-state index in [-0.39, 0.29) is 12.3 Å². The van der Waals surface area contributed by atoms with Crippen LogP contribution in [0.4, 0.5) is 5.82 Å². The Balaban J connectivity index is 1.69. The minimum atomic E-state index is -0.131. The van der Waals surface area contributed by atoms with Gasteiger partial charge in [0.1, 0.15) is 11.6 Å². The maximum Gasteiger partial charge on any atom is 0.227 e. The number of aromatic nitrogens is 4. The maximum absolute atomic E-state index is 12.2. The van der Waals surface area contributed by atoms with Gasteiger partial charge in [-0.3, -0.25) is 14.5 Å². The molecule has 0 saturated heterocycles. The van der Waals surface area contributed by atoms with E-state index in [0.29, 0.717) is 29.6 Å². The largest absolute Gasteiger partial charge is 0.494 e. The second-order valence-electron chi connectivity index (χ2n) is 5.92. The van der Waals surface area contributed by atoms with Crippen molar-refractivity contribution >= 4 is 23.9 Å². The number of benzene rings is 1. The first kappa shape index (κ1) is 18.8. The predicted molar refractivity (Wildman–Crippen MR) is 106 cm³/mol. The number of hydrogen-bond donors (Lipinski definition) is 2. The number of carbonyl (C=O) groups is 1. The van der Waals surface area contributed by atoms with Gasteiger partial charge >= 0.3 is 0 Å². The minimum Gasteiger partial charge on any atom is -0.494 e. The lowest BCUT2D eigenvalue weighted by atomic mass is 10.2. The van der Waals surface area contributed by atoms with Crippen molar-refractivity contribution in [3.63, 3.8) is 0 Å². The number of pyridine rings is 1. The van der Waals surface area contributed by atoms with Crippen molar-refractivity contribution in [3.8, 4) is 17.1 Å². The normalized spacial score (nSPS) is 10.6. The van der Waals surface area contributed by atoms with E-state index in [9.17, 15) is 4.79 Å². The van der Waals surface area contributed by atoms with Crippen LogP contribution in [0.5, 0.6) is 5.75 Å². The highest BCUT2D eigenvalue weighted by Crippen LogP contribution is 2.21. The Morgan fingerprint density at radius 2 is 2.04 bits per heavy atom. The maximum atomic E-state index is 12.2. The number of hydrogen-bond acceptors (Lipinski definition) is 5. The van der Waals surface area contributed by atoms with Crippen molar-refractivity contribution in [2.24, 2.45) is 0 Å². The van der Waals surface area contributed by atoms with Gasteiger partial charge in [-0.05, 0) is 62.5 Å². The second kappa shape index (κ2) is 8.59. The summed E-state index contributed by atoms with van der Waals surface area (Å²) in [6.07, 6.45) is 0.257. The van der Waals surface area contributed by atoms with E-state index in [0.717, 1.165) is 17.0 Å². The molecule has 0 unspecified atom stereocenters. The number of aryl methyl sites for hydroxylation is 1. The Hall–Kier alpha value is -3.00. The topological polar surface area (TPSA) is 84.8 Å². The van der Waals surface area contributed by atoms with Crippen LogP contribution in [0.3, 0.4) is 0 Å². The molecule has 7 nitrogen and oxygen atoms in total. The first-order chi connectivity index (χ1) is 13.1. The number of ether oxygens (including phenoxy) is 1. The number of carbonyl (C=O) groups excluding carboxylic acids is 1. The highest BCUT2D eigenvalue weighted by atomic mass is 32.1. The summed E-state index contributed by atoms with van der Waals surface area (Å²) in [5.74, 6) is 1.90. The van der Waals surface area contributed by atoms with Gasteiger partial charge in [0, 0.05) is 24.2 Å². The quantitative estimate of drug-likeness (QED) is 0.607. The van der Waals surface area contributed by atoms with E-state index < -0.39 is 0 Å². The molecule has 0 aliphatic rings. The number of H-pyrrole nitrogens is 1. The number of nitrogens with zero attached hydrogens (tertiary/aromatic N) is 3. The average Bonchev–Trinajstić information content (AvgIpc) is 3.01. The molecule has 3 aromatic rings. The minimum absolute atomic E-state index is 0.131. The van der Waals surface area contributed by atoms with Crippen LogP contribution in [0.2, 0.25) is 0 Å². The summed E-state index contributed by atoms with van der Waals surface area (Å²) in [5, 5.41) is 9.89. The molecular weight excluding hydrogens is 362 g/mol. The van der Waals surface area contributed by atoms with Crippen LogP contribution in [0.1, 0.15) is 19.0 Å². The van der Waals surface area contributed by atoms with Crippen molar-refractivity contribution < 1.29 is 9.53 Å². The first-order valence-electron chi connectivity index (χ1n) is 8.68. The summed E-state index contributed by atoms with van der Waals surface area (Å²) in [6.45, 7) is 4.85. The third-order valence-electron chi connectivity index (χ3n) is 3.90. The Morgan fingerprint density at radius 1 is 1.26 bits per heavy atom. The van der Waals surface area contributed by atoms with Crippen LogP contribution in [-0.2, 0) is 11.3 Å². The van der Waals surface area contributed by atoms with Gasteiger partial charge in [0.2, 0.25) is 5.91 Å². The molecular formula is C19H21N5O2S. The van der Waals surface area contributed by atoms with Crippen molar-refractivity contribution in [1.29, 1.82) is 0 Å². The third kappa shape index (κ3) is 4.79. The molecule has 2 aromatic heterocycles. The van der Waals surface area contributed by atoms with Gasteiger partial charge in [0.15, 0.2) is 10.6 Å². The van der Waals surface area contributed by atoms with Gasteiger partial charge in [0.25, 0.3) is 0 Å². The van der Waals surface area contributed by atoms with Crippen LogP contribution < -0.4 is 10.1 Å². The molecule has 27 heavy (non-hydrogen) atoms. The summed E-state index contributed by atoms with van der Waals surface area (Å²) in [4.78, 5) is 16.5. The Kier molecular flexibility index (Phi) is 5.97. The van der Waals surface area contributed by atoms with Gasteiger partial charge in [0.05, 0.1) is 6.61 Å². The highest BCUT2D eigenvalue weighted by molar-refractivity contribution is 7.71. The van der Waals surface area contributed by atoms with E-state index >= 15 is 0 Å². The van der Waals surface area contributed by atoms with Crippen molar-refractivity contribution in [3.05, 3.63) is 52.9 Å². The molecule has 1 aromatic carbocycles. The van der Waals surface area contributed by atoms with Gasteiger partial charge in [-0.2, -0.15) is 5.10 Å². The molecule has 0 bridgehead atoms. The summed E-state index contributed by atoms with van der Waals surface area (Å²) < 4.78 is 7.75. The van der Waals surface area contributed by atoms with Crippen LogP contribution in [0.15, 0.2) is 42.5 Å². The number of nitrogens with one attached hydrogen (secondary N) is 2. The molecule has 0 saturated carbocycles. The molecule has 2 N–H and O–H groups in total. The number of rotatable bonds is 7. The van der Waals surface area contributed by atoms with Gasteiger partial charge in [-0.15, -0.1) is 0 Å². The number of anilines is 1. The number of amides is 1. The van der Waals surface area contributed by atoms with Crippen molar-refractivity contribution in [1.82, 2.24) is 19.7 Å². The first-order valence-corrected chi connectivity index (χ1v) is 9.09. The predicted octanol–water partition coefficient (Wildman–Crippen LogP) is 3.74. The lowest BCUT2D eigenvalue weighted by Crippen LogP contribution is -2.16. The van der Waals surface area contributed by atoms with Crippen LogP contribution in [-0.4, -0.2) is 32.3 Å².